The van der Waals surface area contributed by atoms with Crippen LogP contribution in [0.1, 0.15) is 5.56 Å². The van der Waals surface area contributed by atoms with Gasteiger partial charge in [-0.15, -0.1) is 0 Å². The number of rotatable bonds is 7. The molecule has 0 bridgehead atoms. The number of anilines is 3. The van der Waals surface area contributed by atoms with E-state index >= 15 is 0 Å². The highest BCUT2D eigenvalue weighted by atomic mass is 16.4. The van der Waals surface area contributed by atoms with E-state index in [4.69, 9.17) is 11.7 Å². The summed E-state index contributed by atoms with van der Waals surface area (Å²) in [5.74, 6) is -1.22. The summed E-state index contributed by atoms with van der Waals surface area (Å²) in [6.45, 7) is 7.02. The summed E-state index contributed by atoms with van der Waals surface area (Å²) in [5.41, 5.74) is 7.87. The number of hydrogen-bond acceptors (Lipinski definition) is 2. The third kappa shape index (κ3) is 4.97. The predicted molar refractivity (Wildman–Crippen MR) is 153 cm³/mol. The Hall–Kier alpha value is -5.34. The molecule has 1 heterocycles. The molecule has 5 heteroatoms. The van der Waals surface area contributed by atoms with Crippen LogP contribution in [-0.2, 0) is 11.8 Å². The summed E-state index contributed by atoms with van der Waals surface area (Å²) >= 11 is 0. The Balaban J connectivity index is 1.43. The lowest BCUT2D eigenvalue weighted by atomic mass is 10.1. The van der Waals surface area contributed by atoms with Crippen LogP contribution in [0.3, 0.4) is 0 Å². The molecule has 5 aromatic rings. The van der Waals surface area contributed by atoms with Crippen LogP contribution in [0, 0.1) is 6.57 Å². The molecule has 5 nitrogen and oxygen atoms in total. The van der Waals surface area contributed by atoms with Crippen molar-refractivity contribution in [3.05, 3.63) is 144 Å². The van der Waals surface area contributed by atoms with Crippen LogP contribution in [0.5, 0.6) is 0 Å². The highest BCUT2D eigenvalue weighted by Crippen LogP contribution is 2.36. The normalized spacial score (nSPS) is 11.1. The quantitative estimate of drug-likeness (QED) is 0.183. The summed E-state index contributed by atoms with van der Waals surface area (Å²) in [4.78, 5) is 16.4. The second kappa shape index (κ2) is 10.7. The number of carboxylic acids is 1. The molecular formula is C33H25N3O2. The molecule has 0 unspecified atom stereocenters. The van der Waals surface area contributed by atoms with Gasteiger partial charge in [0.2, 0.25) is 0 Å². The molecule has 0 saturated carbocycles. The largest absolute Gasteiger partial charge is 0.486 e. The van der Waals surface area contributed by atoms with E-state index < -0.39 is 5.97 Å². The molecular weight excluding hydrogens is 470 g/mol. The van der Waals surface area contributed by atoms with Gasteiger partial charge in [0.05, 0.1) is 6.57 Å². The monoisotopic (exact) mass is 495 g/mol. The van der Waals surface area contributed by atoms with Gasteiger partial charge in [-0.25, -0.2) is 4.85 Å². The van der Waals surface area contributed by atoms with Gasteiger partial charge in [0.1, 0.15) is 0 Å². The van der Waals surface area contributed by atoms with E-state index in [9.17, 15) is 4.79 Å². The molecule has 0 aliphatic heterocycles. The second-order valence-electron chi connectivity index (χ2n) is 8.78. The predicted octanol–water partition coefficient (Wildman–Crippen LogP) is 8.17. The summed E-state index contributed by atoms with van der Waals surface area (Å²) in [6, 6.07) is 40.9. The lowest BCUT2D eigenvalue weighted by Gasteiger charge is -2.25. The van der Waals surface area contributed by atoms with Crippen molar-refractivity contribution in [2.45, 2.75) is 0 Å². The second-order valence-corrected chi connectivity index (χ2v) is 8.78. The van der Waals surface area contributed by atoms with Crippen molar-refractivity contribution in [1.82, 2.24) is 4.57 Å². The molecule has 0 atom stereocenters. The molecule has 184 valence electrons. The van der Waals surface area contributed by atoms with E-state index in [1.54, 1.807) is 0 Å². The zero-order chi connectivity index (χ0) is 26.5. The number of carboxylic acid groups (broad SMARTS) is 1. The van der Waals surface area contributed by atoms with Crippen molar-refractivity contribution in [2.75, 3.05) is 4.90 Å². The average molecular weight is 496 g/mol. The van der Waals surface area contributed by atoms with Crippen LogP contribution < -0.4 is 4.90 Å². The first-order valence-electron chi connectivity index (χ1n) is 12.1. The van der Waals surface area contributed by atoms with Gasteiger partial charge in [-0.3, -0.25) is 4.79 Å². The molecule has 0 saturated heterocycles. The maximum Gasteiger partial charge on any atom is 0.333 e. The van der Waals surface area contributed by atoms with Gasteiger partial charge < -0.3 is 14.6 Å². The number of para-hydroxylation sites is 2. The number of aromatic nitrogens is 1. The van der Waals surface area contributed by atoms with Gasteiger partial charge in [0.15, 0.2) is 0 Å². The van der Waals surface area contributed by atoms with Crippen LogP contribution in [0.25, 0.3) is 33.4 Å². The van der Waals surface area contributed by atoms with Crippen molar-refractivity contribution < 1.29 is 9.90 Å². The smallest absolute Gasteiger partial charge is 0.333 e. The van der Waals surface area contributed by atoms with Crippen LogP contribution in [0.15, 0.2) is 127 Å². The minimum atomic E-state index is -1.22. The Labute approximate surface area is 222 Å². The number of hydrogen-bond donors (Lipinski definition) is 1. The Morgan fingerprint density at radius 2 is 1.16 bits per heavy atom. The third-order valence-corrected chi connectivity index (χ3v) is 6.42. The third-order valence-electron chi connectivity index (χ3n) is 6.42. The molecule has 38 heavy (non-hydrogen) atoms. The summed E-state index contributed by atoms with van der Waals surface area (Å²) in [5, 5.41) is 9.09. The fourth-order valence-corrected chi connectivity index (χ4v) is 4.52. The first-order valence-corrected chi connectivity index (χ1v) is 12.1. The fraction of sp³-hybridized carbons (Fsp3) is 0.0303. The molecule has 0 aliphatic carbocycles. The van der Waals surface area contributed by atoms with Crippen molar-refractivity contribution in [1.29, 1.82) is 0 Å². The lowest BCUT2D eigenvalue weighted by Crippen LogP contribution is -2.09. The first kappa shape index (κ1) is 24.4. The number of nitrogens with zero attached hydrogens (tertiary/aromatic N) is 3. The zero-order valence-corrected chi connectivity index (χ0v) is 20.8. The van der Waals surface area contributed by atoms with Crippen LogP contribution >= 0.6 is 0 Å². The van der Waals surface area contributed by atoms with E-state index in [2.05, 4.69) is 75.0 Å². The molecule has 0 radical (unpaired) electrons. The molecule has 0 fully saturated rings. The molecule has 1 aromatic heterocycles. The van der Waals surface area contributed by atoms with Gasteiger partial charge in [-0.2, -0.15) is 0 Å². The number of benzene rings is 4. The minimum Gasteiger partial charge on any atom is -0.486 e. The van der Waals surface area contributed by atoms with Gasteiger partial charge in [-0.05, 0) is 71.3 Å². The van der Waals surface area contributed by atoms with Crippen molar-refractivity contribution in [3.8, 4) is 22.5 Å². The first-order chi connectivity index (χ1) is 18.5. The Morgan fingerprint density at radius 1 is 0.711 bits per heavy atom. The van der Waals surface area contributed by atoms with E-state index in [0.717, 1.165) is 39.6 Å². The minimum absolute atomic E-state index is 0.305. The summed E-state index contributed by atoms with van der Waals surface area (Å²) in [7, 11) is 2.04. The maximum absolute atomic E-state index is 11.1. The van der Waals surface area contributed by atoms with Gasteiger partial charge in [0, 0.05) is 35.5 Å². The Bertz CT molecular complexity index is 1590. The average Bonchev–Trinajstić information content (AvgIpc) is 3.34. The zero-order valence-electron chi connectivity index (χ0n) is 20.8. The van der Waals surface area contributed by atoms with Crippen LogP contribution in [0.4, 0.5) is 17.1 Å². The standard InChI is InChI=1S/C33H25N3O2/c1-34-30(33(37)38)23-24-13-15-25(16-14-24)31-21-22-32(35(31)2)26-17-19-29(20-18-26)36(27-9-5-3-6-10-27)28-11-7-4-8-12-28/h3-23H,2H3,(H,37,38)/b30-23-. The Kier molecular flexibility index (Phi) is 6.88. The molecule has 0 spiro atoms. The van der Waals surface area contributed by atoms with E-state index in [1.165, 1.54) is 6.08 Å². The van der Waals surface area contributed by atoms with Crippen LogP contribution in [0.2, 0.25) is 0 Å². The SMILES string of the molecule is [C-]#[N+]/C(=C\c1ccc(-c2ccc(-c3ccc(N(c4ccccc4)c4ccccc4)cc3)n2C)cc1)C(=O)O. The van der Waals surface area contributed by atoms with Gasteiger partial charge in [0.25, 0.3) is 5.70 Å². The Morgan fingerprint density at radius 3 is 1.61 bits per heavy atom. The van der Waals surface area contributed by atoms with Crippen molar-refractivity contribution in [3.63, 3.8) is 0 Å². The van der Waals surface area contributed by atoms with E-state index in [0.29, 0.717) is 5.56 Å². The van der Waals surface area contributed by atoms with E-state index in [-0.39, 0.29) is 5.70 Å². The molecule has 5 rings (SSSR count). The van der Waals surface area contributed by atoms with Gasteiger partial charge >= 0.3 is 5.97 Å². The van der Waals surface area contributed by atoms with E-state index in [1.807, 2.05) is 67.7 Å². The summed E-state index contributed by atoms with van der Waals surface area (Å²) < 4.78 is 2.15. The lowest BCUT2D eigenvalue weighted by molar-refractivity contribution is -0.132. The van der Waals surface area contributed by atoms with Crippen molar-refractivity contribution >= 4 is 29.1 Å². The van der Waals surface area contributed by atoms with Crippen molar-refractivity contribution in [2.24, 2.45) is 7.05 Å². The maximum atomic E-state index is 11.1. The molecule has 0 amide bonds. The molecule has 0 aliphatic rings. The topological polar surface area (TPSA) is 49.8 Å². The molecule has 4 aromatic carbocycles. The number of aliphatic carboxylic acids is 1. The fourth-order valence-electron chi connectivity index (χ4n) is 4.52. The van der Waals surface area contributed by atoms with Crippen LogP contribution in [-0.4, -0.2) is 15.6 Å². The van der Waals surface area contributed by atoms with Gasteiger partial charge in [-0.1, -0.05) is 72.8 Å². The highest BCUT2D eigenvalue weighted by Gasteiger charge is 2.14. The summed E-state index contributed by atoms with van der Waals surface area (Å²) in [6.07, 6.45) is 1.38. The number of carbonyl (C=O) groups is 1. The molecule has 1 N–H and O–H groups in total. The highest BCUT2D eigenvalue weighted by molar-refractivity contribution is 5.94.